The third-order valence-electron chi connectivity index (χ3n) is 5.64. The number of nitrogens with zero attached hydrogens (tertiary/aromatic N) is 3. The Morgan fingerprint density at radius 3 is 2.59 bits per heavy atom. The van der Waals surface area contributed by atoms with Crippen LogP contribution in [0.4, 0.5) is 0 Å². The molecule has 1 aliphatic carbocycles. The fourth-order valence-corrected chi connectivity index (χ4v) is 4.09. The maximum absolute atomic E-state index is 12.6. The summed E-state index contributed by atoms with van der Waals surface area (Å²) in [6.45, 7) is 0.449. The number of hydrogen-bond acceptors (Lipinski definition) is 4. The molecule has 0 unspecified atom stereocenters. The third kappa shape index (κ3) is 3.87. The highest BCUT2D eigenvalue weighted by molar-refractivity contribution is 6.03. The standard InChI is InChI=1S/C22H25N3O2/c26-21-19(14-25(22(21)27)18-9-5-2-6-10-18)20-13-17(23-15-24-20)12-11-16-7-3-1-4-8-16/h1,3-4,7-8,13,15,18,26H,2,5-6,9-12,14H2. The Morgan fingerprint density at radius 2 is 1.81 bits per heavy atom. The Kier molecular flexibility index (Phi) is 5.19. The molecule has 1 N–H and O–H groups in total. The van der Waals surface area contributed by atoms with Crippen LogP contribution in [0.25, 0.3) is 5.57 Å². The SMILES string of the molecule is O=C1C(O)=C(c2cc(CCc3ccccc3)ncn2)CN1C1CCCCC1. The van der Waals surface area contributed by atoms with Crippen molar-refractivity contribution in [3.8, 4) is 0 Å². The lowest BCUT2D eigenvalue weighted by Gasteiger charge is -2.31. The van der Waals surface area contributed by atoms with Crippen LogP contribution in [-0.2, 0) is 17.6 Å². The highest BCUT2D eigenvalue weighted by Crippen LogP contribution is 2.31. The van der Waals surface area contributed by atoms with Gasteiger partial charge in [0.25, 0.3) is 5.91 Å². The summed E-state index contributed by atoms with van der Waals surface area (Å²) in [7, 11) is 0. The Labute approximate surface area is 159 Å². The predicted molar refractivity (Wildman–Crippen MR) is 104 cm³/mol. The van der Waals surface area contributed by atoms with E-state index in [1.807, 2.05) is 29.2 Å². The van der Waals surface area contributed by atoms with E-state index in [2.05, 4.69) is 22.1 Å². The van der Waals surface area contributed by atoms with E-state index in [9.17, 15) is 9.90 Å². The van der Waals surface area contributed by atoms with Crippen molar-refractivity contribution in [1.82, 2.24) is 14.9 Å². The molecule has 1 aromatic carbocycles. The molecule has 1 saturated carbocycles. The van der Waals surface area contributed by atoms with E-state index < -0.39 is 0 Å². The molecular formula is C22H25N3O2. The number of carbonyl (C=O) groups excluding carboxylic acids is 1. The van der Waals surface area contributed by atoms with Gasteiger partial charge in [-0.3, -0.25) is 4.79 Å². The molecule has 140 valence electrons. The summed E-state index contributed by atoms with van der Waals surface area (Å²) in [4.78, 5) is 23.1. The van der Waals surface area contributed by atoms with Gasteiger partial charge in [-0.15, -0.1) is 0 Å². The molecule has 2 aliphatic rings. The average molecular weight is 363 g/mol. The Hall–Kier alpha value is -2.69. The lowest BCUT2D eigenvalue weighted by Crippen LogP contribution is -2.39. The molecule has 27 heavy (non-hydrogen) atoms. The summed E-state index contributed by atoms with van der Waals surface area (Å²) in [6, 6.07) is 12.4. The number of aromatic nitrogens is 2. The summed E-state index contributed by atoms with van der Waals surface area (Å²) >= 11 is 0. The van der Waals surface area contributed by atoms with E-state index in [0.717, 1.165) is 44.2 Å². The monoisotopic (exact) mass is 363 g/mol. The molecular weight excluding hydrogens is 338 g/mol. The molecule has 0 bridgehead atoms. The molecule has 1 aromatic heterocycles. The van der Waals surface area contributed by atoms with Crippen molar-refractivity contribution in [3.05, 3.63) is 65.4 Å². The Balaban J connectivity index is 1.48. The molecule has 1 amide bonds. The first-order valence-electron chi connectivity index (χ1n) is 9.80. The molecule has 2 heterocycles. The topological polar surface area (TPSA) is 66.3 Å². The van der Waals surface area contributed by atoms with E-state index in [1.165, 1.54) is 18.3 Å². The molecule has 2 aromatic rings. The van der Waals surface area contributed by atoms with Crippen LogP contribution in [-0.4, -0.2) is 38.5 Å². The minimum Gasteiger partial charge on any atom is -0.503 e. The summed E-state index contributed by atoms with van der Waals surface area (Å²) < 4.78 is 0. The Morgan fingerprint density at radius 1 is 1.04 bits per heavy atom. The Bertz CT molecular complexity index is 842. The zero-order chi connectivity index (χ0) is 18.6. The summed E-state index contributed by atoms with van der Waals surface area (Å²) in [5.74, 6) is -0.394. The third-order valence-corrected chi connectivity index (χ3v) is 5.64. The quantitative estimate of drug-likeness (QED) is 0.879. The van der Waals surface area contributed by atoms with Gasteiger partial charge in [-0.1, -0.05) is 49.6 Å². The largest absolute Gasteiger partial charge is 0.503 e. The second-order valence-corrected chi connectivity index (χ2v) is 7.43. The minimum absolute atomic E-state index is 0.145. The van der Waals surface area contributed by atoms with Gasteiger partial charge in [-0.25, -0.2) is 9.97 Å². The van der Waals surface area contributed by atoms with Crippen molar-refractivity contribution in [2.45, 2.75) is 51.0 Å². The van der Waals surface area contributed by atoms with E-state index >= 15 is 0 Å². The fraction of sp³-hybridized carbons (Fsp3) is 0.409. The van der Waals surface area contributed by atoms with Gasteiger partial charge in [0, 0.05) is 17.3 Å². The van der Waals surface area contributed by atoms with Crippen molar-refractivity contribution in [2.75, 3.05) is 6.54 Å². The molecule has 4 rings (SSSR count). The number of rotatable bonds is 5. The van der Waals surface area contributed by atoms with Crippen LogP contribution in [0.5, 0.6) is 0 Å². The first-order chi connectivity index (χ1) is 13.2. The second kappa shape index (κ2) is 7.91. The maximum atomic E-state index is 12.6. The van der Waals surface area contributed by atoms with Gasteiger partial charge in [0.1, 0.15) is 6.33 Å². The van der Waals surface area contributed by atoms with Crippen molar-refractivity contribution in [3.63, 3.8) is 0 Å². The van der Waals surface area contributed by atoms with E-state index in [0.29, 0.717) is 17.8 Å². The molecule has 0 saturated heterocycles. The van der Waals surface area contributed by atoms with Crippen LogP contribution >= 0.6 is 0 Å². The van der Waals surface area contributed by atoms with Gasteiger partial charge in [0.2, 0.25) is 0 Å². The first kappa shape index (κ1) is 17.7. The summed E-state index contributed by atoms with van der Waals surface area (Å²) in [5, 5.41) is 10.4. The number of benzene rings is 1. The number of carbonyl (C=O) groups is 1. The lowest BCUT2D eigenvalue weighted by molar-refractivity contribution is -0.130. The lowest BCUT2D eigenvalue weighted by atomic mass is 9.94. The molecule has 5 heteroatoms. The summed E-state index contributed by atoms with van der Waals surface area (Å²) in [6.07, 6.45) is 8.83. The minimum atomic E-state index is -0.249. The average Bonchev–Trinajstić information content (AvgIpc) is 3.03. The highest BCUT2D eigenvalue weighted by Gasteiger charge is 2.36. The zero-order valence-corrected chi connectivity index (χ0v) is 15.5. The maximum Gasteiger partial charge on any atom is 0.289 e. The van der Waals surface area contributed by atoms with Crippen LogP contribution in [0.3, 0.4) is 0 Å². The van der Waals surface area contributed by atoms with Crippen LogP contribution in [0.2, 0.25) is 0 Å². The molecule has 0 spiro atoms. The van der Waals surface area contributed by atoms with Crippen LogP contribution in [0.15, 0.2) is 48.5 Å². The number of aliphatic hydroxyl groups is 1. The van der Waals surface area contributed by atoms with Gasteiger partial charge < -0.3 is 10.0 Å². The fourth-order valence-electron chi connectivity index (χ4n) is 4.09. The van der Waals surface area contributed by atoms with Gasteiger partial charge in [0.05, 0.1) is 12.2 Å². The first-order valence-corrected chi connectivity index (χ1v) is 9.80. The van der Waals surface area contributed by atoms with Crippen molar-refractivity contribution >= 4 is 11.5 Å². The number of amides is 1. The van der Waals surface area contributed by atoms with Crippen molar-refractivity contribution in [1.29, 1.82) is 0 Å². The van der Waals surface area contributed by atoms with E-state index in [4.69, 9.17) is 0 Å². The molecule has 0 atom stereocenters. The highest BCUT2D eigenvalue weighted by atomic mass is 16.3. The molecule has 1 fully saturated rings. The smallest absolute Gasteiger partial charge is 0.289 e. The second-order valence-electron chi connectivity index (χ2n) is 7.43. The normalized spacial score (nSPS) is 18.4. The number of aliphatic hydroxyl groups excluding tert-OH is 1. The number of hydrogen-bond donors (Lipinski definition) is 1. The zero-order valence-electron chi connectivity index (χ0n) is 15.5. The van der Waals surface area contributed by atoms with Crippen LogP contribution < -0.4 is 0 Å². The van der Waals surface area contributed by atoms with Gasteiger partial charge >= 0.3 is 0 Å². The van der Waals surface area contributed by atoms with Crippen LogP contribution in [0, 0.1) is 0 Å². The number of aryl methyl sites for hydroxylation is 2. The summed E-state index contributed by atoms with van der Waals surface area (Å²) in [5.41, 5.74) is 3.48. The molecule has 1 aliphatic heterocycles. The van der Waals surface area contributed by atoms with Crippen molar-refractivity contribution < 1.29 is 9.90 Å². The van der Waals surface area contributed by atoms with Gasteiger partial charge in [-0.05, 0) is 37.3 Å². The molecule has 5 nitrogen and oxygen atoms in total. The molecule has 0 radical (unpaired) electrons. The predicted octanol–water partition coefficient (Wildman–Crippen LogP) is 3.71. The van der Waals surface area contributed by atoms with Crippen molar-refractivity contribution in [2.24, 2.45) is 0 Å². The van der Waals surface area contributed by atoms with Crippen LogP contribution in [0.1, 0.15) is 49.1 Å². The van der Waals surface area contributed by atoms with E-state index in [1.54, 1.807) is 0 Å². The van der Waals surface area contributed by atoms with Gasteiger partial charge in [0.15, 0.2) is 5.76 Å². The van der Waals surface area contributed by atoms with Gasteiger partial charge in [-0.2, -0.15) is 0 Å². The van der Waals surface area contributed by atoms with E-state index in [-0.39, 0.29) is 17.7 Å².